The Kier molecular flexibility index (Phi) is 4.89. The van der Waals surface area contributed by atoms with Crippen molar-refractivity contribution < 1.29 is 9.84 Å². The molecule has 0 aliphatic carbocycles. The average Bonchev–Trinajstić information content (AvgIpc) is 2.51. The van der Waals surface area contributed by atoms with E-state index in [-0.39, 0.29) is 11.9 Å². The highest BCUT2D eigenvalue weighted by Crippen LogP contribution is 2.27. The molecule has 0 saturated carbocycles. The number of phenolic OH excluding ortho intramolecular Hbond substituents is 1. The van der Waals surface area contributed by atoms with Crippen molar-refractivity contribution in [1.29, 1.82) is 0 Å². The molecule has 0 spiro atoms. The first kappa shape index (κ1) is 15.6. The quantitative estimate of drug-likeness (QED) is 0.907. The maximum atomic E-state index is 9.43. The van der Waals surface area contributed by atoms with E-state index in [0.717, 1.165) is 35.8 Å². The zero-order valence-corrected chi connectivity index (χ0v) is 13.5. The lowest BCUT2D eigenvalue weighted by Crippen LogP contribution is -2.37. The summed E-state index contributed by atoms with van der Waals surface area (Å²) in [7, 11) is 0. The van der Waals surface area contributed by atoms with Gasteiger partial charge in [-0.05, 0) is 35.4 Å². The summed E-state index contributed by atoms with van der Waals surface area (Å²) in [6, 6.07) is 12.9. The largest absolute Gasteiger partial charge is 0.508 e. The van der Waals surface area contributed by atoms with Gasteiger partial charge in [-0.15, -0.1) is 0 Å². The average molecular weight is 338 g/mol. The Morgan fingerprint density at radius 2 is 1.91 bits per heavy atom. The van der Waals surface area contributed by atoms with Crippen LogP contribution in [0, 0.1) is 0 Å². The lowest BCUT2D eigenvalue weighted by atomic mass is 10.1. The molecule has 3 rings (SSSR count). The van der Waals surface area contributed by atoms with Crippen molar-refractivity contribution in [2.75, 3.05) is 19.7 Å². The van der Waals surface area contributed by atoms with E-state index in [0.29, 0.717) is 11.6 Å². The number of phenols is 1. The molecule has 0 radical (unpaired) electrons. The third-order valence-electron chi connectivity index (χ3n) is 3.82. The molecular weight excluding hydrogens is 321 g/mol. The van der Waals surface area contributed by atoms with Gasteiger partial charge in [-0.1, -0.05) is 41.4 Å². The second-order valence-electron chi connectivity index (χ2n) is 5.42. The van der Waals surface area contributed by atoms with E-state index in [2.05, 4.69) is 4.90 Å². The number of benzene rings is 2. The van der Waals surface area contributed by atoms with Crippen molar-refractivity contribution in [1.82, 2.24) is 4.90 Å². The number of aromatic hydroxyl groups is 1. The van der Waals surface area contributed by atoms with Gasteiger partial charge in [0.2, 0.25) is 0 Å². The van der Waals surface area contributed by atoms with Gasteiger partial charge in [-0.2, -0.15) is 0 Å². The maximum absolute atomic E-state index is 9.43. The van der Waals surface area contributed by atoms with Crippen molar-refractivity contribution in [3.63, 3.8) is 0 Å². The van der Waals surface area contributed by atoms with Crippen molar-refractivity contribution in [3.8, 4) is 5.75 Å². The van der Waals surface area contributed by atoms with E-state index in [4.69, 9.17) is 27.9 Å². The molecule has 0 aromatic heterocycles. The fourth-order valence-electron chi connectivity index (χ4n) is 2.63. The van der Waals surface area contributed by atoms with E-state index in [1.807, 2.05) is 30.3 Å². The number of rotatable bonds is 3. The smallest absolute Gasteiger partial charge is 0.117 e. The molecular formula is C17H17Cl2NO2. The molecule has 1 aliphatic rings. The summed E-state index contributed by atoms with van der Waals surface area (Å²) in [5, 5.41) is 10.7. The summed E-state index contributed by atoms with van der Waals surface area (Å²) in [6.45, 7) is 3.09. The minimum atomic E-state index is 0.0434. The molecule has 2 aromatic carbocycles. The molecule has 0 bridgehead atoms. The molecule has 1 heterocycles. The first-order valence-corrected chi connectivity index (χ1v) is 7.94. The Morgan fingerprint density at radius 1 is 1.14 bits per heavy atom. The Hall–Kier alpha value is -1.26. The summed E-state index contributed by atoms with van der Waals surface area (Å²) >= 11 is 12.1. The maximum Gasteiger partial charge on any atom is 0.117 e. The standard InChI is InChI=1S/C17H17Cl2NO2/c18-14-4-1-12(2-5-14)17-11-20(7-8-22-17)10-13-3-6-15(21)9-16(13)19/h1-6,9,17,21H,7-8,10-11H2. The van der Waals surface area contributed by atoms with Gasteiger partial charge in [-0.25, -0.2) is 0 Å². The Bertz CT molecular complexity index is 646. The van der Waals surface area contributed by atoms with Crippen molar-refractivity contribution in [2.24, 2.45) is 0 Å². The van der Waals surface area contributed by atoms with Crippen LogP contribution in [0.15, 0.2) is 42.5 Å². The lowest BCUT2D eigenvalue weighted by molar-refractivity contribution is -0.0329. The Labute approximate surface area is 140 Å². The zero-order valence-electron chi connectivity index (χ0n) is 12.0. The number of hydrogen-bond donors (Lipinski definition) is 1. The van der Waals surface area contributed by atoms with Gasteiger partial charge in [0.1, 0.15) is 5.75 Å². The molecule has 22 heavy (non-hydrogen) atoms. The lowest BCUT2D eigenvalue weighted by Gasteiger charge is -2.33. The molecule has 0 amide bonds. The van der Waals surface area contributed by atoms with Crippen LogP contribution in [0.4, 0.5) is 0 Å². The molecule has 1 unspecified atom stereocenters. The zero-order chi connectivity index (χ0) is 15.5. The molecule has 116 valence electrons. The predicted octanol–water partition coefficient (Wildman–Crippen LogP) is 4.27. The number of halogens is 2. The van der Waals surface area contributed by atoms with E-state index >= 15 is 0 Å². The topological polar surface area (TPSA) is 32.7 Å². The fourth-order valence-corrected chi connectivity index (χ4v) is 2.99. The summed E-state index contributed by atoms with van der Waals surface area (Å²) in [4.78, 5) is 2.31. The highest BCUT2D eigenvalue weighted by molar-refractivity contribution is 6.31. The molecule has 1 aliphatic heterocycles. The van der Waals surface area contributed by atoms with E-state index in [9.17, 15) is 5.11 Å². The molecule has 1 fully saturated rings. The molecule has 1 N–H and O–H groups in total. The first-order valence-electron chi connectivity index (χ1n) is 7.18. The van der Waals surface area contributed by atoms with Gasteiger partial charge < -0.3 is 9.84 Å². The van der Waals surface area contributed by atoms with Crippen LogP contribution in [-0.2, 0) is 11.3 Å². The van der Waals surface area contributed by atoms with Gasteiger partial charge in [0, 0.05) is 29.7 Å². The number of morpholine rings is 1. The van der Waals surface area contributed by atoms with Gasteiger partial charge in [-0.3, -0.25) is 4.90 Å². The van der Waals surface area contributed by atoms with Crippen LogP contribution in [0.2, 0.25) is 10.0 Å². The van der Waals surface area contributed by atoms with Crippen molar-refractivity contribution in [3.05, 3.63) is 63.6 Å². The third kappa shape index (κ3) is 3.73. The summed E-state index contributed by atoms with van der Waals surface area (Å²) in [6.07, 6.45) is 0.0434. The van der Waals surface area contributed by atoms with E-state index in [1.54, 1.807) is 12.1 Å². The summed E-state index contributed by atoms with van der Waals surface area (Å²) in [5.41, 5.74) is 2.14. The minimum absolute atomic E-state index is 0.0434. The Balaban J connectivity index is 1.69. The molecule has 5 heteroatoms. The van der Waals surface area contributed by atoms with Crippen LogP contribution in [0.1, 0.15) is 17.2 Å². The van der Waals surface area contributed by atoms with E-state index < -0.39 is 0 Å². The summed E-state index contributed by atoms with van der Waals surface area (Å²) < 4.78 is 5.86. The van der Waals surface area contributed by atoms with Crippen molar-refractivity contribution >= 4 is 23.2 Å². The van der Waals surface area contributed by atoms with Gasteiger partial charge in [0.05, 0.1) is 12.7 Å². The molecule has 3 nitrogen and oxygen atoms in total. The Morgan fingerprint density at radius 3 is 2.64 bits per heavy atom. The fraction of sp³-hybridized carbons (Fsp3) is 0.294. The highest BCUT2D eigenvalue weighted by Gasteiger charge is 2.22. The van der Waals surface area contributed by atoms with Crippen LogP contribution in [0.25, 0.3) is 0 Å². The van der Waals surface area contributed by atoms with Crippen molar-refractivity contribution in [2.45, 2.75) is 12.6 Å². The second kappa shape index (κ2) is 6.88. The first-order chi connectivity index (χ1) is 10.6. The molecule has 1 saturated heterocycles. The third-order valence-corrected chi connectivity index (χ3v) is 4.43. The van der Waals surface area contributed by atoms with Crippen LogP contribution < -0.4 is 0 Å². The predicted molar refractivity (Wildman–Crippen MR) is 88.5 cm³/mol. The number of nitrogens with zero attached hydrogens (tertiary/aromatic N) is 1. The number of hydrogen-bond acceptors (Lipinski definition) is 3. The monoisotopic (exact) mass is 337 g/mol. The molecule has 2 aromatic rings. The van der Waals surface area contributed by atoms with Crippen LogP contribution in [-0.4, -0.2) is 29.7 Å². The van der Waals surface area contributed by atoms with Gasteiger partial charge in [0.15, 0.2) is 0 Å². The van der Waals surface area contributed by atoms with Gasteiger partial charge >= 0.3 is 0 Å². The second-order valence-corrected chi connectivity index (χ2v) is 6.27. The normalized spacial score (nSPS) is 19.3. The SMILES string of the molecule is Oc1ccc(CN2CCOC(c3ccc(Cl)cc3)C2)c(Cl)c1. The summed E-state index contributed by atoms with van der Waals surface area (Å²) in [5.74, 6) is 0.190. The van der Waals surface area contributed by atoms with Crippen LogP contribution in [0.5, 0.6) is 5.75 Å². The van der Waals surface area contributed by atoms with Gasteiger partial charge in [0.25, 0.3) is 0 Å². The number of ether oxygens (including phenoxy) is 1. The van der Waals surface area contributed by atoms with Crippen LogP contribution in [0.3, 0.4) is 0 Å². The minimum Gasteiger partial charge on any atom is -0.508 e. The molecule has 1 atom stereocenters. The van der Waals surface area contributed by atoms with Crippen LogP contribution >= 0.6 is 23.2 Å². The highest BCUT2D eigenvalue weighted by atomic mass is 35.5. The van der Waals surface area contributed by atoms with E-state index in [1.165, 1.54) is 0 Å².